The van der Waals surface area contributed by atoms with E-state index in [0.717, 1.165) is 12.1 Å². The minimum absolute atomic E-state index is 0.212. The zero-order valence-electron chi connectivity index (χ0n) is 13.4. The van der Waals surface area contributed by atoms with Crippen LogP contribution in [0.1, 0.15) is 37.1 Å². The minimum atomic E-state index is -4.59. The van der Waals surface area contributed by atoms with Crippen molar-refractivity contribution in [1.29, 1.82) is 0 Å². The monoisotopic (exact) mass is 370 g/mol. The Hall–Kier alpha value is -1.93. The summed E-state index contributed by atoms with van der Waals surface area (Å²) in [5.41, 5.74) is -0.417. The molecule has 0 aliphatic heterocycles. The van der Waals surface area contributed by atoms with Gasteiger partial charge >= 0.3 is 6.18 Å². The van der Waals surface area contributed by atoms with E-state index in [1.807, 2.05) is 0 Å². The van der Waals surface area contributed by atoms with Crippen LogP contribution in [0.25, 0.3) is 0 Å². The fourth-order valence-corrected chi connectivity index (χ4v) is 4.66. The van der Waals surface area contributed by atoms with E-state index in [1.54, 1.807) is 31.3 Å². The van der Waals surface area contributed by atoms with Crippen LogP contribution >= 0.6 is 0 Å². The van der Waals surface area contributed by atoms with Crippen LogP contribution in [0.2, 0.25) is 0 Å². The fourth-order valence-electron chi connectivity index (χ4n) is 2.76. The van der Waals surface area contributed by atoms with Crippen molar-refractivity contribution in [3.05, 3.63) is 59.9 Å². The van der Waals surface area contributed by atoms with E-state index >= 15 is 0 Å². The third-order valence-electron chi connectivity index (χ3n) is 4.14. The second-order valence-corrected chi connectivity index (χ2v) is 7.87. The predicted molar refractivity (Wildman–Crippen MR) is 86.1 cm³/mol. The van der Waals surface area contributed by atoms with Crippen LogP contribution in [0.15, 0.2) is 53.6 Å². The highest BCUT2D eigenvalue weighted by atomic mass is 32.2. The molecule has 0 saturated heterocycles. The topological polar surface area (TPSA) is 50.3 Å². The number of alkyl halides is 3. The highest BCUT2D eigenvalue weighted by molar-refractivity contribution is 7.89. The number of halogens is 3. The summed E-state index contributed by atoms with van der Waals surface area (Å²) < 4.78 is 66.2. The Morgan fingerprint density at radius 2 is 1.88 bits per heavy atom. The van der Waals surface area contributed by atoms with Crippen LogP contribution in [0, 0.1) is 0 Å². The molecule has 1 aromatic heterocycles. The second-order valence-electron chi connectivity index (χ2n) is 6.02. The highest BCUT2D eigenvalue weighted by Crippen LogP contribution is 2.39. The van der Waals surface area contributed by atoms with Gasteiger partial charge in [0.05, 0.1) is 22.2 Å². The molecule has 25 heavy (non-hydrogen) atoms. The lowest BCUT2D eigenvalue weighted by Crippen LogP contribution is -2.36. The van der Waals surface area contributed by atoms with Crippen LogP contribution in [0.4, 0.5) is 13.2 Å². The first-order chi connectivity index (χ1) is 11.7. The van der Waals surface area contributed by atoms with Crippen LogP contribution < -0.4 is 0 Å². The molecule has 0 spiro atoms. The van der Waals surface area contributed by atoms with Crippen LogP contribution in [0.5, 0.6) is 0 Å². The summed E-state index contributed by atoms with van der Waals surface area (Å²) in [6, 6.07) is 8.28. The number of nitrogens with zero attached hydrogens (tertiary/aromatic N) is 2. The van der Waals surface area contributed by atoms with Gasteiger partial charge in [0.15, 0.2) is 0 Å². The molecule has 0 bridgehead atoms. The molecule has 1 aliphatic rings. The average Bonchev–Trinajstić information content (AvgIpc) is 3.39. The van der Waals surface area contributed by atoms with Crippen LogP contribution in [-0.4, -0.2) is 23.7 Å². The molecular formula is C17H17F3N2O2S. The van der Waals surface area contributed by atoms with Gasteiger partial charge < -0.3 is 0 Å². The Labute approximate surface area is 144 Å². The lowest BCUT2D eigenvalue weighted by atomic mass is 10.2. The van der Waals surface area contributed by atoms with Crippen molar-refractivity contribution in [3.63, 3.8) is 0 Å². The van der Waals surface area contributed by atoms with Gasteiger partial charge in [-0.25, -0.2) is 8.42 Å². The summed E-state index contributed by atoms with van der Waals surface area (Å²) in [7, 11) is -4.07. The van der Waals surface area contributed by atoms with Gasteiger partial charge in [-0.15, -0.1) is 0 Å². The van der Waals surface area contributed by atoms with E-state index in [0.29, 0.717) is 24.6 Å². The maximum absolute atomic E-state index is 13.0. The SMILES string of the molecule is CC(c1ccccn1)N(C1CC1)S(=O)(=O)c1cccc(C(F)(F)F)c1. The molecule has 2 aromatic rings. The second kappa shape index (κ2) is 6.42. The molecule has 4 nitrogen and oxygen atoms in total. The molecule has 134 valence electrons. The van der Waals surface area contributed by atoms with E-state index in [2.05, 4.69) is 4.98 Å². The molecule has 0 N–H and O–H groups in total. The van der Waals surface area contributed by atoms with Crippen molar-refractivity contribution in [1.82, 2.24) is 9.29 Å². The highest BCUT2D eigenvalue weighted by Gasteiger charge is 2.42. The summed E-state index contributed by atoms with van der Waals surface area (Å²) in [6.45, 7) is 1.70. The number of rotatable bonds is 5. The van der Waals surface area contributed by atoms with Crippen molar-refractivity contribution >= 4 is 10.0 Å². The van der Waals surface area contributed by atoms with Crippen molar-refractivity contribution in [2.24, 2.45) is 0 Å². The number of pyridine rings is 1. The third kappa shape index (κ3) is 3.69. The lowest BCUT2D eigenvalue weighted by Gasteiger charge is -2.28. The Balaban J connectivity index is 2.02. The van der Waals surface area contributed by atoms with E-state index in [4.69, 9.17) is 0 Å². The predicted octanol–water partition coefficient (Wildman–Crippen LogP) is 4.01. The number of hydrogen-bond donors (Lipinski definition) is 0. The van der Waals surface area contributed by atoms with Crippen molar-refractivity contribution in [3.8, 4) is 0 Å². The Kier molecular flexibility index (Phi) is 4.59. The van der Waals surface area contributed by atoms with Crippen molar-refractivity contribution in [2.75, 3.05) is 0 Å². The summed E-state index contributed by atoms with van der Waals surface area (Å²) in [4.78, 5) is 3.84. The minimum Gasteiger partial charge on any atom is -0.260 e. The lowest BCUT2D eigenvalue weighted by molar-refractivity contribution is -0.137. The molecule has 1 fully saturated rings. The maximum Gasteiger partial charge on any atom is 0.416 e. The first-order valence-corrected chi connectivity index (χ1v) is 9.27. The van der Waals surface area contributed by atoms with E-state index in [1.165, 1.54) is 10.4 Å². The first-order valence-electron chi connectivity index (χ1n) is 7.83. The van der Waals surface area contributed by atoms with Gasteiger partial charge in [-0.1, -0.05) is 12.1 Å². The smallest absolute Gasteiger partial charge is 0.260 e. The zero-order chi connectivity index (χ0) is 18.2. The van der Waals surface area contributed by atoms with Crippen molar-refractivity contribution < 1.29 is 21.6 Å². The molecule has 0 amide bonds. The normalized spacial score (nSPS) is 16.8. The average molecular weight is 370 g/mol. The summed E-state index contributed by atoms with van der Waals surface area (Å²) >= 11 is 0. The summed E-state index contributed by atoms with van der Waals surface area (Å²) in [5, 5.41) is 0. The largest absolute Gasteiger partial charge is 0.416 e. The van der Waals surface area contributed by atoms with Crippen LogP contribution in [-0.2, 0) is 16.2 Å². The Morgan fingerprint density at radius 1 is 1.16 bits per heavy atom. The van der Waals surface area contributed by atoms with E-state index in [-0.39, 0.29) is 10.9 Å². The van der Waals surface area contributed by atoms with Gasteiger partial charge in [-0.05, 0) is 50.1 Å². The molecule has 8 heteroatoms. The number of sulfonamides is 1. The fraction of sp³-hybridized carbons (Fsp3) is 0.353. The quantitative estimate of drug-likeness (QED) is 0.799. The summed E-state index contributed by atoms with van der Waals surface area (Å²) in [5.74, 6) is 0. The Morgan fingerprint density at radius 3 is 2.44 bits per heavy atom. The number of benzene rings is 1. The van der Waals surface area contributed by atoms with Gasteiger partial charge in [0, 0.05) is 12.2 Å². The summed E-state index contributed by atoms with van der Waals surface area (Å²) in [6.07, 6.45) is -1.65. The van der Waals surface area contributed by atoms with Crippen molar-refractivity contribution in [2.45, 2.75) is 42.9 Å². The molecule has 0 radical (unpaired) electrons. The molecule has 1 aromatic carbocycles. The molecule has 1 atom stereocenters. The third-order valence-corrected chi connectivity index (χ3v) is 6.16. The van der Waals surface area contributed by atoms with Crippen LogP contribution in [0.3, 0.4) is 0 Å². The van der Waals surface area contributed by atoms with Gasteiger partial charge in [0.1, 0.15) is 0 Å². The standard InChI is InChI=1S/C17H17F3N2O2S/c1-12(16-7-2-3-10-21-16)22(14-8-9-14)25(23,24)15-6-4-5-13(11-15)17(18,19)20/h2-7,10-12,14H,8-9H2,1H3. The molecule has 1 aliphatic carbocycles. The zero-order valence-corrected chi connectivity index (χ0v) is 14.3. The molecule has 1 saturated carbocycles. The Bertz CT molecular complexity index is 850. The van der Waals surface area contributed by atoms with E-state index < -0.39 is 27.8 Å². The van der Waals surface area contributed by atoms with Gasteiger partial charge in [-0.2, -0.15) is 17.5 Å². The molecular weight excluding hydrogens is 353 g/mol. The maximum atomic E-state index is 13.0. The molecule has 1 unspecified atom stereocenters. The van der Waals surface area contributed by atoms with Gasteiger partial charge in [0.2, 0.25) is 10.0 Å². The number of aromatic nitrogens is 1. The van der Waals surface area contributed by atoms with E-state index in [9.17, 15) is 21.6 Å². The first kappa shape index (κ1) is 17.9. The molecule has 3 rings (SSSR count). The van der Waals surface area contributed by atoms with Gasteiger partial charge in [-0.3, -0.25) is 4.98 Å². The molecule has 1 heterocycles. The number of hydrogen-bond acceptors (Lipinski definition) is 3. The van der Waals surface area contributed by atoms with Gasteiger partial charge in [0.25, 0.3) is 0 Å².